The van der Waals surface area contributed by atoms with Crippen molar-refractivity contribution in [2.75, 3.05) is 19.3 Å². The van der Waals surface area contributed by atoms with Gasteiger partial charge >= 0.3 is 5.97 Å². The zero-order valence-electron chi connectivity index (χ0n) is 13.6. The number of piperidine rings is 1. The second-order valence-electron chi connectivity index (χ2n) is 7.06. The van der Waals surface area contributed by atoms with Gasteiger partial charge in [-0.15, -0.1) is 0 Å². The maximum atomic E-state index is 12.6. The summed E-state index contributed by atoms with van der Waals surface area (Å²) in [5, 5.41) is 8.81. The van der Waals surface area contributed by atoms with Gasteiger partial charge in [-0.2, -0.15) is 0 Å². The van der Waals surface area contributed by atoms with Crippen LogP contribution in [0.5, 0.6) is 0 Å². The van der Waals surface area contributed by atoms with Crippen LogP contribution in [0.25, 0.3) is 0 Å². The van der Waals surface area contributed by atoms with Crippen molar-refractivity contribution >= 4 is 21.9 Å². The Hall–Kier alpha value is -1.15. The summed E-state index contributed by atoms with van der Waals surface area (Å²) in [6.45, 7) is 6.37. The van der Waals surface area contributed by atoms with Gasteiger partial charge in [0.2, 0.25) is 15.9 Å². The minimum absolute atomic E-state index is 0.0810. The Labute approximate surface area is 132 Å². The molecule has 7 nitrogen and oxygen atoms in total. The Morgan fingerprint density at radius 3 is 2.14 bits per heavy atom. The molecule has 1 rings (SSSR count). The summed E-state index contributed by atoms with van der Waals surface area (Å²) in [5.74, 6) is -0.986. The van der Waals surface area contributed by atoms with Gasteiger partial charge in [0.15, 0.2) is 0 Å². The van der Waals surface area contributed by atoms with Crippen LogP contribution in [-0.4, -0.2) is 55.7 Å². The van der Waals surface area contributed by atoms with Gasteiger partial charge in [0, 0.05) is 19.5 Å². The van der Waals surface area contributed by atoms with E-state index in [4.69, 9.17) is 5.11 Å². The average molecular weight is 334 g/mol. The maximum absolute atomic E-state index is 12.6. The lowest BCUT2D eigenvalue weighted by Crippen LogP contribution is -2.55. The smallest absolute Gasteiger partial charge is 0.303 e. The molecule has 22 heavy (non-hydrogen) atoms. The predicted octanol–water partition coefficient (Wildman–Crippen LogP) is 0.664. The molecule has 0 radical (unpaired) electrons. The number of hydrogen-bond acceptors (Lipinski definition) is 4. The molecule has 8 heteroatoms. The van der Waals surface area contributed by atoms with Crippen molar-refractivity contribution in [3.8, 4) is 0 Å². The number of rotatable bonds is 5. The van der Waals surface area contributed by atoms with Crippen LogP contribution in [0.15, 0.2) is 0 Å². The molecule has 1 aliphatic heterocycles. The van der Waals surface area contributed by atoms with Gasteiger partial charge in [-0.1, -0.05) is 20.8 Å². The monoisotopic (exact) mass is 334 g/mol. The third-order valence-corrected chi connectivity index (χ3v) is 4.50. The number of carbonyl (C=O) groups is 2. The van der Waals surface area contributed by atoms with E-state index < -0.39 is 27.4 Å². The number of sulfonamides is 1. The molecule has 128 valence electrons. The fraction of sp³-hybridized carbons (Fsp3) is 0.857. The highest BCUT2D eigenvalue weighted by Crippen LogP contribution is 2.25. The van der Waals surface area contributed by atoms with Crippen LogP contribution < -0.4 is 4.72 Å². The largest absolute Gasteiger partial charge is 0.481 e. The number of nitrogens with zero attached hydrogens (tertiary/aromatic N) is 1. The van der Waals surface area contributed by atoms with E-state index in [1.54, 1.807) is 4.90 Å². The van der Waals surface area contributed by atoms with Crippen molar-refractivity contribution in [3.63, 3.8) is 0 Å². The average Bonchev–Trinajstić information content (AvgIpc) is 2.33. The summed E-state index contributed by atoms with van der Waals surface area (Å²) in [6, 6.07) is -0.821. The molecule has 0 bridgehead atoms. The Balaban J connectivity index is 2.74. The first-order chi connectivity index (χ1) is 9.90. The number of carbonyl (C=O) groups excluding carboxylic acids is 1. The molecule has 0 aromatic carbocycles. The van der Waals surface area contributed by atoms with Crippen LogP contribution in [-0.2, 0) is 19.6 Å². The Morgan fingerprint density at radius 1 is 1.27 bits per heavy atom. The highest BCUT2D eigenvalue weighted by molar-refractivity contribution is 7.88. The second kappa shape index (κ2) is 6.95. The minimum Gasteiger partial charge on any atom is -0.481 e. The molecule has 2 N–H and O–H groups in total. The Morgan fingerprint density at radius 2 is 1.77 bits per heavy atom. The van der Waals surface area contributed by atoms with Crippen molar-refractivity contribution < 1.29 is 23.1 Å². The molecule has 1 aliphatic rings. The van der Waals surface area contributed by atoms with E-state index in [2.05, 4.69) is 4.72 Å². The van der Waals surface area contributed by atoms with E-state index in [0.717, 1.165) is 6.26 Å². The summed E-state index contributed by atoms with van der Waals surface area (Å²) >= 11 is 0. The van der Waals surface area contributed by atoms with Crippen LogP contribution in [0.2, 0.25) is 0 Å². The van der Waals surface area contributed by atoms with Gasteiger partial charge in [0.25, 0.3) is 0 Å². The fourth-order valence-corrected chi connectivity index (χ4v) is 3.48. The van der Waals surface area contributed by atoms with Gasteiger partial charge in [0.05, 0.1) is 6.26 Å². The third kappa shape index (κ3) is 5.92. The molecule has 0 aromatic heterocycles. The third-order valence-electron chi connectivity index (χ3n) is 3.83. The number of nitrogens with one attached hydrogen (secondary N) is 1. The molecule has 0 spiro atoms. The van der Waals surface area contributed by atoms with E-state index in [-0.39, 0.29) is 18.2 Å². The lowest BCUT2D eigenvalue weighted by Gasteiger charge is -2.37. The van der Waals surface area contributed by atoms with Gasteiger partial charge in [0.1, 0.15) is 6.04 Å². The Kier molecular flexibility index (Phi) is 5.97. The molecule has 0 aliphatic carbocycles. The highest BCUT2D eigenvalue weighted by Gasteiger charge is 2.37. The summed E-state index contributed by atoms with van der Waals surface area (Å²) in [6.07, 6.45) is 2.42. The normalized spacial score (nSPS) is 19.0. The molecule has 1 fully saturated rings. The Bertz CT molecular complexity index is 516. The molecule has 1 atom stereocenters. The summed E-state index contributed by atoms with van der Waals surface area (Å²) < 4.78 is 25.4. The van der Waals surface area contributed by atoms with Crippen LogP contribution in [0.4, 0.5) is 0 Å². The number of hydrogen-bond donors (Lipinski definition) is 2. The van der Waals surface area contributed by atoms with Gasteiger partial charge in [-0.3, -0.25) is 9.59 Å². The van der Waals surface area contributed by atoms with Crippen LogP contribution in [0.3, 0.4) is 0 Å². The molecule has 1 saturated heterocycles. The standard InChI is InChI=1S/C14H26N2O5S/c1-14(2,3)12(15-22(4,20)21)13(19)16-7-5-10(6-8-16)9-11(17)18/h10,12,15H,5-9H2,1-4H3,(H,17,18). The predicted molar refractivity (Wildman–Crippen MR) is 82.8 cm³/mol. The second-order valence-corrected chi connectivity index (χ2v) is 8.84. The molecular weight excluding hydrogens is 308 g/mol. The van der Waals surface area contributed by atoms with E-state index in [1.165, 1.54) is 0 Å². The molecule has 0 saturated carbocycles. The van der Waals surface area contributed by atoms with Crippen molar-refractivity contribution in [2.45, 2.75) is 46.1 Å². The summed E-state index contributed by atoms with van der Waals surface area (Å²) in [5.41, 5.74) is -0.544. The molecule has 1 amide bonds. The zero-order chi connectivity index (χ0) is 17.1. The quantitative estimate of drug-likeness (QED) is 0.769. The van der Waals surface area contributed by atoms with Gasteiger partial charge in [-0.05, 0) is 24.2 Å². The first-order valence-electron chi connectivity index (χ1n) is 7.38. The first kappa shape index (κ1) is 18.9. The van der Waals surface area contributed by atoms with Crippen molar-refractivity contribution in [1.29, 1.82) is 0 Å². The number of likely N-dealkylation sites (tertiary alicyclic amines) is 1. The lowest BCUT2D eigenvalue weighted by molar-refractivity contribution is -0.139. The van der Waals surface area contributed by atoms with Crippen LogP contribution in [0.1, 0.15) is 40.0 Å². The van der Waals surface area contributed by atoms with Crippen LogP contribution in [0, 0.1) is 11.3 Å². The first-order valence-corrected chi connectivity index (χ1v) is 9.27. The zero-order valence-corrected chi connectivity index (χ0v) is 14.4. The van der Waals surface area contributed by atoms with Gasteiger partial charge in [-0.25, -0.2) is 13.1 Å². The van der Waals surface area contributed by atoms with Crippen molar-refractivity contribution in [2.24, 2.45) is 11.3 Å². The minimum atomic E-state index is -3.49. The summed E-state index contributed by atoms with van der Waals surface area (Å²) in [7, 11) is -3.49. The molecule has 1 unspecified atom stereocenters. The van der Waals surface area contributed by atoms with E-state index in [0.29, 0.717) is 25.9 Å². The highest BCUT2D eigenvalue weighted by atomic mass is 32.2. The lowest BCUT2D eigenvalue weighted by atomic mass is 9.85. The maximum Gasteiger partial charge on any atom is 0.303 e. The number of amides is 1. The number of aliphatic carboxylic acids is 1. The SMILES string of the molecule is CC(C)(C)C(NS(C)(=O)=O)C(=O)N1CCC(CC(=O)O)CC1. The van der Waals surface area contributed by atoms with E-state index in [9.17, 15) is 18.0 Å². The number of carboxylic acid groups (broad SMARTS) is 1. The summed E-state index contributed by atoms with van der Waals surface area (Å²) in [4.78, 5) is 25.0. The molecular formula is C14H26N2O5S. The van der Waals surface area contributed by atoms with Crippen molar-refractivity contribution in [3.05, 3.63) is 0 Å². The van der Waals surface area contributed by atoms with Crippen molar-refractivity contribution in [1.82, 2.24) is 9.62 Å². The van der Waals surface area contributed by atoms with Crippen LogP contribution >= 0.6 is 0 Å². The molecule has 1 heterocycles. The topological polar surface area (TPSA) is 104 Å². The van der Waals surface area contributed by atoms with E-state index >= 15 is 0 Å². The fourth-order valence-electron chi connectivity index (χ4n) is 2.60. The number of carboxylic acids is 1. The molecule has 0 aromatic rings. The van der Waals surface area contributed by atoms with E-state index in [1.807, 2.05) is 20.8 Å². The van der Waals surface area contributed by atoms with Gasteiger partial charge < -0.3 is 10.0 Å².